The number of carboxylic acid groups (broad SMARTS) is 1. The van der Waals surface area contributed by atoms with Gasteiger partial charge in [-0.05, 0) is 36.4 Å². The van der Waals surface area contributed by atoms with E-state index < -0.39 is 11.4 Å². The molecular formula is C14H19N5O2. The summed E-state index contributed by atoms with van der Waals surface area (Å²) in [5.41, 5.74) is 0.940. The van der Waals surface area contributed by atoms with Crippen LogP contribution in [-0.2, 0) is 11.3 Å². The van der Waals surface area contributed by atoms with E-state index in [2.05, 4.69) is 15.5 Å². The van der Waals surface area contributed by atoms with Crippen LogP contribution in [0.4, 0.5) is 5.69 Å². The Labute approximate surface area is 123 Å². The number of tetrazole rings is 1. The topological polar surface area (TPSA) is 84.1 Å². The van der Waals surface area contributed by atoms with E-state index in [1.807, 2.05) is 43.3 Å². The van der Waals surface area contributed by atoms with Gasteiger partial charge in [-0.2, -0.15) is 0 Å². The van der Waals surface area contributed by atoms with Gasteiger partial charge in [-0.3, -0.25) is 4.79 Å². The molecule has 0 spiro atoms. The molecule has 2 rings (SSSR count). The molecule has 1 heterocycles. The number of anilines is 1. The van der Waals surface area contributed by atoms with E-state index in [0.717, 1.165) is 11.3 Å². The average Bonchev–Trinajstić information content (AvgIpc) is 2.86. The van der Waals surface area contributed by atoms with Gasteiger partial charge in [0.2, 0.25) is 0 Å². The largest absolute Gasteiger partial charge is 0.481 e. The quantitative estimate of drug-likeness (QED) is 0.898. The van der Waals surface area contributed by atoms with Crippen molar-refractivity contribution in [1.29, 1.82) is 0 Å². The van der Waals surface area contributed by atoms with Crippen LogP contribution in [0.2, 0.25) is 0 Å². The van der Waals surface area contributed by atoms with Crippen LogP contribution < -0.4 is 4.90 Å². The molecule has 0 saturated carbocycles. The zero-order chi connectivity index (χ0) is 15.6. The first-order valence-corrected chi connectivity index (χ1v) is 6.58. The summed E-state index contributed by atoms with van der Waals surface area (Å²) in [6.07, 6.45) is 0. The fourth-order valence-corrected chi connectivity index (χ4v) is 1.88. The molecule has 0 saturated heterocycles. The van der Waals surface area contributed by atoms with Crippen molar-refractivity contribution in [1.82, 2.24) is 20.2 Å². The lowest BCUT2D eigenvalue weighted by Crippen LogP contribution is -2.30. The van der Waals surface area contributed by atoms with E-state index in [0.29, 0.717) is 5.82 Å². The third-order valence-corrected chi connectivity index (χ3v) is 3.28. The van der Waals surface area contributed by atoms with E-state index in [1.165, 1.54) is 4.68 Å². The standard InChI is InChI=1S/C14H19N5O2/c1-14(2,13(20)21)9-19-12(15-16-17-19)10-6-5-7-11(8-10)18(3)4/h5-8H,9H2,1-4H3,(H,20,21). The van der Waals surface area contributed by atoms with Crippen molar-refractivity contribution in [2.45, 2.75) is 20.4 Å². The van der Waals surface area contributed by atoms with Gasteiger partial charge >= 0.3 is 5.97 Å². The summed E-state index contributed by atoms with van der Waals surface area (Å²) in [4.78, 5) is 13.2. The number of aromatic nitrogens is 4. The average molecular weight is 289 g/mol. The molecular weight excluding hydrogens is 270 g/mol. The van der Waals surface area contributed by atoms with E-state index in [4.69, 9.17) is 0 Å². The van der Waals surface area contributed by atoms with Crippen molar-refractivity contribution in [3.63, 3.8) is 0 Å². The second kappa shape index (κ2) is 5.51. The van der Waals surface area contributed by atoms with Gasteiger partial charge in [0, 0.05) is 25.3 Å². The van der Waals surface area contributed by atoms with Crippen molar-refractivity contribution < 1.29 is 9.90 Å². The van der Waals surface area contributed by atoms with Crippen molar-refractivity contribution in [2.75, 3.05) is 19.0 Å². The van der Waals surface area contributed by atoms with Crippen LogP contribution in [0.15, 0.2) is 24.3 Å². The number of nitrogens with zero attached hydrogens (tertiary/aromatic N) is 5. The van der Waals surface area contributed by atoms with Crippen molar-refractivity contribution in [3.05, 3.63) is 24.3 Å². The van der Waals surface area contributed by atoms with Gasteiger partial charge in [0.1, 0.15) is 0 Å². The highest BCUT2D eigenvalue weighted by molar-refractivity contribution is 5.73. The second-order valence-corrected chi connectivity index (χ2v) is 5.79. The maximum absolute atomic E-state index is 11.2. The summed E-state index contributed by atoms with van der Waals surface area (Å²) in [5, 5.41) is 20.8. The normalized spacial score (nSPS) is 11.4. The minimum absolute atomic E-state index is 0.205. The number of hydrogen-bond donors (Lipinski definition) is 1. The second-order valence-electron chi connectivity index (χ2n) is 5.79. The Balaban J connectivity index is 2.37. The Hall–Kier alpha value is -2.44. The maximum Gasteiger partial charge on any atom is 0.310 e. The van der Waals surface area contributed by atoms with Gasteiger partial charge in [-0.15, -0.1) is 5.10 Å². The summed E-state index contributed by atoms with van der Waals surface area (Å²) < 4.78 is 1.53. The molecule has 1 aromatic heterocycles. The number of carbonyl (C=O) groups is 1. The summed E-state index contributed by atoms with van der Waals surface area (Å²) in [6, 6.07) is 7.78. The van der Waals surface area contributed by atoms with Crippen molar-refractivity contribution in [3.8, 4) is 11.4 Å². The smallest absolute Gasteiger partial charge is 0.310 e. The molecule has 21 heavy (non-hydrogen) atoms. The Morgan fingerprint density at radius 3 is 2.71 bits per heavy atom. The van der Waals surface area contributed by atoms with Crippen LogP contribution >= 0.6 is 0 Å². The molecule has 0 atom stereocenters. The van der Waals surface area contributed by atoms with Crippen LogP contribution in [0.5, 0.6) is 0 Å². The first-order chi connectivity index (χ1) is 9.81. The summed E-state index contributed by atoms with van der Waals surface area (Å²) >= 11 is 0. The minimum Gasteiger partial charge on any atom is -0.481 e. The number of benzene rings is 1. The molecule has 1 N–H and O–H groups in total. The summed E-state index contributed by atoms with van der Waals surface area (Å²) in [5.74, 6) is -0.320. The van der Waals surface area contributed by atoms with Gasteiger partial charge in [0.05, 0.1) is 12.0 Å². The zero-order valence-corrected chi connectivity index (χ0v) is 12.6. The lowest BCUT2D eigenvalue weighted by molar-refractivity contribution is -0.147. The molecule has 2 aromatic rings. The van der Waals surface area contributed by atoms with Crippen molar-refractivity contribution in [2.24, 2.45) is 5.41 Å². The number of rotatable bonds is 5. The molecule has 0 radical (unpaired) electrons. The van der Waals surface area contributed by atoms with Crippen LogP contribution in [0.25, 0.3) is 11.4 Å². The zero-order valence-electron chi connectivity index (χ0n) is 12.6. The molecule has 1 aromatic carbocycles. The number of hydrogen-bond acceptors (Lipinski definition) is 5. The number of carboxylic acids is 1. The monoisotopic (exact) mass is 289 g/mol. The van der Waals surface area contributed by atoms with Crippen LogP contribution in [-0.4, -0.2) is 45.4 Å². The van der Waals surface area contributed by atoms with E-state index in [9.17, 15) is 9.90 Å². The van der Waals surface area contributed by atoms with Gasteiger partial charge in [-0.1, -0.05) is 12.1 Å². The fraction of sp³-hybridized carbons (Fsp3) is 0.429. The molecule has 7 nitrogen and oxygen atoms in total. The van der Waals surface area contributed by atoms with Gasteiger partial charge in [-0.25, -0.2) is 4.68 Å². The highest BCUT2D eigenvalue weighted by Crippen LogP contribution is 2.24. The predicted molar refractivity (Wildman–Crippen MR) is 79.0 cm³/mol. The molecule has 112 valence electrons. The highest BCUT2D eigenvalue weighted by Gasteiger charge is 2.29. The van der Waals surface area contributed by atoms with Gasteiger partial charge < -0.3 is 10.0 Å². The first-order valence-electron chi connectivity index (χ1n) is 6.58. The Kier molecular flexibility index (Phi) is 3.93. The Morgan fingerprint density at radius 1 is 1.38 bits per heavy atom. The van der Waals surface area contributed by atoms with E-state index >= 15 is 0 Å². The summed E-state index contributed by atoms with van der Waals surface area (Å²) in [6.45, 7) is 3.50. The molecule has 0 bridgehead atoms. The molecule has 0 fully saturated rings. The van der Waals surface area contributed by atoms with Gasteiger partial charge in [0.25, 0.3) is 0 Å². The molecule has 0 aliphatic heterocycles. The van der Waals surface area contributed by atoms with Crippen LogP contribution in [0, 0.1) is 5.41 Å². The maximum atomic E-state index is 11.2. The predicted octanol–water partition coefficient (Wildman–Crippen LogP) is 1.52. The van der Waals surface area contributed by atoms with Crippen LogP contribution in [0.3, 0.4) is 0 Å². The fourth-order valence-electron chi connectivity index (χ4n) is 1.88. The molecule has 7 heteroatoms. The van der Waals surface area contributed by atoms with Gasteiger partial charge in [0.15, 0.2) is 5.82 Å². The van der Waals surface area contributed by atoms with Crippen LogP contribution in [0.1, 0.15) is 13.8 Å². The third kappa shape index (κ3) is 3.18. The van der Waals surface area contributed by atoms with E-state index in [1.54, 1.807) is 13.8 Å². The lowest BCUT2D eigenvalue weighted by atomic mass is 9.94. The minimum atomic E-state index is -0.941. The first kappa shape index (κ1) is 15.0. The van der Waals surface area contributed by atoms with E-state index in [-0.39, 0.29) is 6.54 Å². The Morgan fingerprint density at radius 2 is 2.10 bits per heavy atom. The molecule has 0 aliphatic rings. The SMILES string of the molecule is CN(C)c1cccc(-c2nnnn2CC(C)(C)C(=O)O)c1. The summed E-state index contributed by atoms with van der Waals surface area (Å²) in [7, 11) is 3.91. The highest BCUT2D eigenvalue weighted by atomic mass is 16.4. The van der Waals surface area contributed by atoms with Crippen molar-refractivity contribution >= 4 is 11.7 Å². The molecule has 0 unspecified atom stereocenters. The number of aliphatic carboxylic acids is 1. The molecule has 0 aliphatic carbocycles. The molecule has 0 amide bonds. The third-order valence-electron chi connectivity index (χ3n) is 3.28. The lowest BCUT2D eigenvalue weighted by Gasteiger charge is -2.19. The Bertz CT molecular complexity index is 648.